The third-order valence-electron chi connectivity index (χ3n) is 5.03. The average molecular weight is 330 g/mol. The van der Waals surface area contributed by atoms with E-state index in [1.54, 1.807) is 4.90 Å². The van der Waals surface area contributed by atoms with Crippen molar-refractivity contribution in [3.05, 3.63) is 35.9 Å². The minimum absolute atomic E-state index is 0.0240. The van der Waals surface area contributed by atoms with Gasteiger partial charge in [-0.2, -0.15) is 0 Å². The quantitative estimate of drug-likeness (QED) is 0.881. The number of amides is 2. The summed E-state index contributed by atoms with van der Waals surface area (Å²) in [5, 5.41) is 12.0. The van der Waals surface area contributed by atoms with Crippen molar-refractivity contribution < 1.29 is 19.5 Å². The summed E-state index contributed by atoms with van der Waals surface area (Å²) >= 11 is 0. The fourth-order valence-electron chi connectivity index (χ4n) is 3.73. The van der Waals surface area contributed by atoms with Crippen LogP contribution in [0.25, 0.3) is 0 Å². The molecule has 2 fully saturated rings. The Balaban J connectivity index is 1.81. The number of carboxylic acids is 1. The van der Waals surface area contributed by atoms with Crippen LogP contribution in [-0.2, 0) is 14.4 Å². The zero-order valence-corrected chi connectivity index (χ0v) is 13.5. The monoisotopic (exact) mass is 330 g/mol. The van der Waals surface area contributed by atoms with Gasteiger partial charge in [0.1, 0.15) is 0 Å². The van der Waals surface area contributed by atoms with Gasteiger partial charge < -0.3 is 15.3 Å². The maximum atomic E-state index is 13.0. The van der Waals surface area contributed by atoms with E-state index >= 15 is 0 Å². The molecule has 1 saturated heterocycles. The SMILES string of the molecule is O=C1CC(c2ccccc2)N(C(=O)[C@H]2CC[C@@H](C(=O)O)C2)CCN1. The summed E-state index contributed by atoms with van der Waals surface area (Å²) in [6.45, 7) is 0.890. The van der Waals surface area contributed by atoms with E-state index in [1.165, 1.54) is 0 Å². The van der Waals surface area contributed by atoms with Gasteiger partial charge in [-0.3, -0.25) is 14.4 Å². The summed E-state index contributed by atoms with van der Waals surface area (Å²) in [5.41, 5.74) is 0.940. The van der Waals surface area contributed by atoms with E-state index in [4.69, 9.17) is 5.11 Å². The molecule has 6 nitrogen and oxygen atoms in total. The molecule has 2 N–H and O–H groups in total. The standard InChI is InChI=1S/C18H22N2O4/c21-16-11-15(12-4-2-1-3-5-12)20(9-8-19-16)17(22)13-6-7-14(10-13)18(23)24/h1-5,13-15H,6-11H2,(H,19,21)(H,23,24)/t13-,14+,15?/m0/s1. The Morgan fingerprint density at radius 3 is 2.50 bits per heavy atom. The number of carbonyl (C=O) groups excluding carboxylic acids is 2. The van der Waals surface area contributed by atoms with Crippen LogP contribution >= 0.6 is 0 Å². The van der Waals surface area contributed by atoms with E-state index in [-0.39, 0.29) is 30.2 Å². The van der Waals surface area contributed by atoms with Crippen LogP contribution in [0.1, 0.15) is 37.3 Å². The van der Waals surface area contributed by atoms with Gasteiger partial charge in [0.15, 0.2) is 0 Å². The molecule has 1 heterocycles. The van der Waals surface area contributed by atoms with Crippen molar-refractivity contribution >= 4 is 17.8 Å². The molecule has 0 bridgehead atoms. The van der Waals surface area contributed by atoms with Gasteiger partial charge in [0.2, 0.25) is 11.8 Å². The van der Waals surface area contributed by atoms with E-state index in [2.05, 4.69) is 5.32 Å². The van der Waals surface area contributed by atoms with Crippen LogP contribution in [0, 0.1) is 11.8 Å². The summed E-state index contributed by atoms with van der Waals surface area (Å²) in [5.74, 6) is -1.60. The lowest BCUT2D eigenvalue weighted by molar-refractivity contribution is -0.142. The van der Waals surface area contributed by atoms with Gasteiger partial charge in [-0.15, -0.1) is 0 Å². The van der Waals surface area contributed by atoms with Crippen LogP contribution in [-0.4, -0.2) is 40.9 Å². The normalized spacial score (nSPS) is 27.4. The predicted octanol–water partition coefficient (Wildman–Crippen LogP) is 1.58. The summed E-state index contributed by atoms with van der Waals surface area (Å²) in [4.78, 5) is 37.9. The molecule has 24 heavy (non-hydrogen) atoms. The Bertz CT molecular complexity index is 631. The molecular formula is C18H22N2O4. The predicted molar refractivity (Wildman–Crippen MR) is 87.0 cm³/mol. The molecule has 0 spiro atoms. The largest absolute Gasteiger partial charge is 0.481 e. The van der Waals surface area contributed by atoms with Gasteiger partial charge in [0, 0.05) is 19.0 Å². The Hall–Kier alpha value is -2.37. The molecule has 128 valence electrons. The highest BCUT2D eigenvalue weighted by Gasteiger charge is 2.39. The summed E-state index contributed by atoms with van der Waals surface area (Å²) in [6, 6.07) is 9.27. The van der Waals surface area contributed by atoms with Crippen LogP contribution in [0.4, 0.5) is 0 Å². The maximum absolute atomic E-state index is 13.0. The lowest BCUT2D eigenvalue weighted by Gasteiger charge is -2.31. The van der Waals surface area contributed by atoms with Gasteiger partial charge in [-0.05, 0) is 24.8 Å². The second kappa shape index (κ2) is 7.03. The average Bonchev–Trinajstić information content (AvgIpc) is 3.00. The number of hydrogen-bond donors (Lipinski definition) is 2. The number of hydrogen-bond acceptors (Lipinski definition) is 3. The van der Waals surface area contributed by atoms with Crippen LogP contribution in [0.5, 0.6) is 0 Å². The number of benzene rings is 1. The van der Waals surface area contributed by atoms with Crippen LogP contribution < -0.4 is 5.32 Å². The molecule has 2 aliphatic rings. The summed E-state index contributed by atoms with van der Waals surface area (Å²) in [6.07, 6.45) is 1.79. The third-order valence-corrected chi connectivity index (χ3v) is 5.03. The zero-order chi connectivity index (χ0) is 17.1. The van der Waals surface area contributed by atoms with Gasteiger partial charge in [0.25, 0.3) is 0 Å². The van der Waals surface area contributed by atoms with Gasteiger partial charge in [0.05, 0.1) is 18.4 Å². The summed E-state index contributed by atoms with van der Waals surface area (Å²) in [7, 11) is 0. The fraction of sp³-hybridized carbons (Fsp3) is 0.500. The van der Waals surface area contributed by atoms with Crippen LogP contribution in [0.2, 0.25) is 0 Å². The van der Waals surface area contributed by atoms with Crippen molar-refractivity contribution in [1.29, 1.82) is 0 Å². The van der Waals surface area contributed by atoms with E-state index < -0.39 is 11.9 Å². The number of nitrogens with one attached hydrogen (secondary N) is 1. The number of nitrogens with zero attached hydrogens (tertiary/aromatic N) is 1. The fourth-order valence-corrected chi connectivity index (χ4v) is 3.73. The molecular weight excluding hydrogens is 308 g/mol. The smallest absolute Gasteiger partial charge is 0.306 e. The van der Waals surface area contributed by atoms with Gasteiger partial charge >= 0.3 is 5.97 Å². The van der Waals surface area contributed by atoms with E-state index in [0.29, 0.717) is 32.4 Å². The first-order valence-corrected chi connectivity index (χ1v) is 8.41. The molecule has 0 radical (unpaired) electrons. The number of rotatable bonds is 3. The minimum Gasteiger partial charge on any atom is -0.481 e. The van der Waals surface area contributed by atoms with Crippen molar-refractivity contribution in [1.82, 2.24) is 10.2 Å². The molecule has 1 saturated carbocycles. The molecule has 0 aromatic heterocycles. The van der Waals surface area contributed by atoms with Crippen molar-refractivity contribution in [3.63, 3.8) is 0 Å². The Morgan fingerprint density at radius 1 is 1.12 bits per heavy atom. The third kappa shape index (κ3) is 3.42. The molecule has 3 atom stereocenters. The molecule has 3 rings (SSSR count). The number of carboxylic acid groups (broad SMARTS) is 1. The highest BCUT2D eigenvalue weighted by Crippen LogP contribution is 2.35. The Labute approximate surface area is 140 Å². The number of aliphatic carboxylic acids is 1. The second-order valence-corrected chi connectivity index (χ2v) is 6.56. The van der Waals surface area contributed by atoms with Crippen LogP contribution in [0.3, 0.4) is 0 Å². The van der Waals surface area contributed by atoms with Crippen molar-refractivity contribution in [2.75, 3.05) is 13.1 Å². The Morgan fingerprint density at radius 2 is 1.83 bits per heavy atom. The van der Waals surface area contributed by atoms with Crippen molar-refractivity contribution in [2.45, 2.75) is 31.7 Å². The maximum Gasteiger partial charge on any atom is 0.306 e. The van der Waals surface area contributed by atoms with Crippen LogP contribution in [0.15, 0.2) is 30.3 Å². The van der Waals surface area contributed by atoms with E-state index in [0.717, 1.165) is 5.56 Å². The molecule has 1 aliphatic carbocycles. The first-order chi connectivity index (χ1) is 11.6. The number of carbonyl (C=O) groups is 3. The first kappa shape index (κ1) is 16.5. The molecule has 1 aromatic rings. The lowest BCUT2D eigenvalue weighted by Crippen LogP contribution is -2.40. The minimum atomic E-state index is -0.822. The van der Waals surface area contributed by atoms with Gasteiger partial charge in [-0.1, -0.05) is 30.3 Å². The molecule has 2 amide bonds. The van der Waals surface area contributed by atoms with Crippen molar-refractivity contribution in [3.8, 4) is 0 Å². The second-order valence-electron chi connectivity index (χ2n) is 6.56. The topological polar surface area (TPSA) is 86.7 Å². The highest BCUT2D eigenvalue weighted by atomic mass is 16.4. The lowest BCUT2D eigenvalue weighted by atomic mass is 9.98. The van der Waals surface area contributed by atoms with E-state index in [1.807, 2.05) is 30.3 Å². The highest BCUT2D eigenvalue weighted by molar-refractivity contribution is 5.83. The van der Waals surface area contributed by atoms with Crippen molar-refractivity contribution in [2.24, 2.45) is 11.8 Å². The summed E-state index contributed by atoms with van der Waals surface area (Å²) < 4.78 is 0. The molecule has 1 aliphatic heterocycles. The Kier molecular flexibility index (Phi) is 4.83. The zero-order valence-electron chi connectivity index (χ0n) is 13.5. The van der Waals surface area contributed by atoms with Gasteiger partial charge in [-0.25, -0.2) is 0 Å². The molecule has 1 aromatic carbocycles. The molecule has 6 heteroatoms. The van der Waals surface area contributed by atoms with E-state index in [9.17, 15) is 14.4 Å². The first-order valence-electron chi connectivity index (χ1n) is 8.41. The molecule has 1 unspecified atom stereocenters.